The highest BCUT2D eigenvalue weighted by Gasteiger charge is 2.24. The van der Waals surface area contributed by atoms with E-state index in [-0.39, 0.29) is 5.54 Å². The lowest BCUT2D eigenvalue weighted by Crippen LogP contribution is -2.41. The van der Waals surface area contributed by atoms with Crippen LogP contribution >= 0.6 is 0 Å². The Kier molecular flexibility index (Phi) is 4.74. The molecule has 1 fully saturated rings. The van der Waals surface area contributed by atoms with Crippen LogP contribution in [0.3, 0.4) is 0 Å². The van der Waals surface area contributed by atoms with Crippen molar-refractivity contribution in [2.45, 2.75) is 56.9 Å². The highest BCUT2D eigenvalue weighted by Crippen LogP contribution is 2.26. The zero-order chi connectivity index (χ0) is 9.57. The van der Waals surface area contributed by atoms with E-state index in [0.29, 0.717) is 0 Å². The van der Waals surface area contributed by atoms with E-state index in [4.69, 9.17) is 10.5 Å². The Labute approximate surface area is 81.8 Å². The Hall–Kier alpha value is -0.0800. The van der Waals surface area contributed by atoms with Gasteiger partial charge in [0.25, 0.3) is 0 Å². The van der Waals surface area contributed by atoms with Crippen molar-refractivity contribution in [2.24, 2.45) is 5.73 Å². The van der Waals surface area contributed by atoms with Gasteiger partial charge in [-0.15, -0.1) is 0 Å². The average Bonchev–Trinajstić information content (AvgIpc) is 2.09. The van der Waals surface area contributed by atoms with E-state index in [1.807, 2.05) is 0 Å². The van der Waals surface area contributed by atoms with Crippen LogP contribution in [0.2, 0.25) is 0 Å². The van der Waals surface area contributed by atoms with Crippen LogP contribution in [-0.2, 0) is 4.74 Å². The quantitative estimate of drug-likeness (QED) is 0.733. The largest absolute Gasteiger partial charge is 0.385 e. The Bertz CT molecular complexity index is 123. The zero-order valence-electron chi connectivity index (χ0n) is 8.85. The molecule has 0 aromatic carbocycles. The fourth-order valence-corrected chi connectivity index (χ4v) is 2.16. The van der Waals surface area contributed by atoms with E-state index in [0.717, 1.165) is 13.0 Å². The van der Waals surface area contributed by atoms with Crippen molar-refractivity contribution in [2.75, 3.05) is 13.7 Å². The van der Waals surface area contributed by atoms with Crippen molar-refractivity contribution in [3.8, 4) is 0 Å². The summed E-state index contributed by atoms with van der Waals surface area (Å²) in [5.41, 5.74) is 6.41. The Morgan fingerprint density at radius 1 is 1.08 bits per heavy atom. The summed E-state index contributed by atoms with van der Waals surface area (Å²) in [4.78, 5) is 0. The molecular formula is C11H23NO. The van der Waals surface area contributed by atoms with Crippen LogP contribution in [-0.4, -0.2) is 19.3 Å². The molecule has 78 valence electrons. The maximum Gasteiger partial charge on any atom is 0.0479 e. The maximum atomic E-state index is 6.33. The van der Waals surface area contributed by atoms with Crippen LogP contribution in [0.1, 0.15) is 51.4 Å². The maximum absolute atomic E-state index is 6.33. The lowest BCUT2D eigenvalue weighted by molar-refractivity contribution is 0.156. The molecule has 1 rings (SSSR count). The lowest BCUT2D eigenvalue weighted by Gasteiger charge is -2.31. The van der Waals surface area contributed by atoms with Gasteiger partial charge in [-0.1, -0.05) is 32.1 Å². The minimum absolute atomic E-state index is 0.0798. The molecule has 0 bridgehead atoms. The molecule has 2 heteroatoms. The molecule has 0 atom stereocenters. The second-order valence-electron chi connectivity index (χ2n) is 4.37. The number of hydrogen-bond acceptors (Lipinski definition) is 2. The summed E-state index contributed by atoms with van der Waals surface area (Å²) in [7, 11) is 1.76. The van der Waals surface area contributed by atoms with E-state index in [2.05, 4.69) is 0 Å². The third kappa shape index (κ3) is 4.10. The average molecular weight is 185 g/mol. The molecule has 2 nitrogen and oxygen atoms in total. The van der Waals surface area contributed by atoms with Crippen molar-refractivity contribution >= 4 is 0 Å². The van der Waals surface area contributed by atoms with Crippen molar-refractivity contribution in [1.82, 2.24) is 0 Å². The summed E-state index contributed by atoms with van der Waals surface area (Å²) < 4.78 is 5.10. The monoisotopic (exact) mass is 185 g/mol. The highest BCUT2D eigenvalue weighted by atomic mass is 16.5. The van der Waals surface area contributed by atoms with E-state index < -0.39 is 0 Å². The van der Waals surface area contributed by atoms with Gasteiger partial charge in [0, 0.05) is 19.3 Å². The Morgan fingerprint density at radius 2 is 1.62 bits per heavy atom. The minimum atomic E-state index is 0.0798. The summed E-state index contributed by atoms with van der Waals surface area (Å²) in [6, 6.07) is 0. The number of ether oxygens (including phenoxy) is 1. The molecule has 2 N–H and O–H groups in total. The van der Waals surface area contributed by atoms with Crippen molar-refractivity contribution in [3.63, 3.8) is 0 Å². The van der Waals surface area contributed by atoms with Gasteiger partial charge in [0.2, 0.25) is 0 Å². The fraction of sp³-hybridized carbons (Fsp3) is 1.00. The number of rotatable bonds is 3. The summed E-state index contributed by atoms with van der Waals surface area (Å²) >= 11 is 0. The summed E-state index contributed by atoms with van der Waals surface area (Å²) in [5.74, 6) is 0. The molecule has 0 radical (unpaired) electrons. The summed E-state index contributed by atoms with van der Waals surface area (Å²) in [5, 5.41) is 0. The molecule has 0 saturated heterocycles. The van der Waals surface area contributed by atoms with Gasteiger partial charge in [-0.3, -0.25) is 0 Å². The standard InChI is InChI=1S/C11H23NO/c1-13-10-9-11(12)7-5-3-2-4-6-8-11/h2-10,12H2,1H3. The van der Waals surface area contributed by atoms with Crippen LogP contribution in [0.15, 0.2) is 0 Å². The third-order valence-corrected chi connectivity index (χ3v) is 3.15. The van der Waals surface area contributed by atoms with Gasteiger partial charge in [-0.2, -0.15) is 0 Å². The number of nitrogens with two attached hydrogens (primary N) is 1. The summed E-state index contributed by atoms with van der Waals surface area (Å²) in [6.45, 7) is 0.816. The van der Waals surface area contributed by atoms with E-state index >= 15 is 0 Å². The molecule has 13 heavy (non-hydrogen) atoms. The van der Waals surface area contributed by atoms with Gasteiger partial charge in [0.1, 0.15) is 0 Å². The molecular weight excluding hydrogens is 162 g/mol. The molecule has 0 aromatic heterocycles. The molecule has 1 aliphatic carbocycles. The lowest BCUT2D eigenvalue weighted by atomic mass is 9.82. The molecule has 0 unspecified atom stereocenters. The van der Waals surface area contributed by atoms with Crippen molar-refractivity contribution in [1.29, 1.82) is 0 Å². The molecule has 0 aliphatic heterocycles. The first-order valence-electron chi connectivity index (χ1n) is 5.55. The second kappa shape index (κ2) is 5.61. The SMILES string of the molecule is COCCC1(N)CCCCCCC1. The molecule has 0 heterocycles. The van der Waals surface area contributed by atoms with E-state index in [1.165, 1.54) is 44.9 Å². The first-order valence-corrected chi connectivity index (χ1v) is 5.55. The van der Waals surface area contributed by atoms with Gasteiger partial charge >= 0.3 is 0 Å². The van der Waals surface area contributed by atoms with Crippen molar-refractivity contribution < 1.29 is 4.74 Å². The predicted molar refractivity (Wildman–Crippen MR) is 55.7 cm³/mol. The number of hydrogen-bond donors (Lipinski definition) is 1. The molecule has 0 amide bonds. The number of methoxy groups -OCH3 is 1. The van der Waals surface area contributed by atoms with Gasteiger partial charge in [-0.25, -0.2) is 0 Å². The second-order valence-corrected chi connectivity index (χ2v) is 4.37. The van der Waals surface area contributed by atoms with Gasteiger partial charge in [-0.05, 0) is 19.3 Å². The van der Waals surface area contributed by atoms with Crippen molar-refractivity contribution in [3.05, 3.63) is 0 Å². The van der Waals surface area contributed by atoms with Gasteiger partial charge in [0.05, 0.1) is 0 Å². The zero-order valence-corrected chi connectivity index (χ0v) is 8.85. The smallest absolute Gasteiger partial charge is 0.0479 e. The van der Waals surface area contributed by atoms with Gasteiger partial charge in [0.15, 0.2) is 0 Å². The summed E-state index contributed by atoms with van der Waals surface area (Å²) in [6.07, 6.45) is 10.2. The van der Waals surface area contributed by atoms with Crippen LogP contribution in [0.5, 0.6) is 0 Å². The van der Waals surface area contributed by atoms with Crippen LogP contribution in [0, 0.1) is 0 Å². The highest BCUT2D eigenvalue weighted by molar-refractivity contribution is 4.84. The van der Waals surface area contributed by atoms with Crippen LogP contribution < -0.4 is 5.73 Å². The normalized spacial score (nSPS) is 23.5. The first kappa shape index (κ1) is 11.0. The minimum Gasteiger partial charge on any atom is -0.385 e. The molecule has 0 spiro atoms. The molecule has 1 aliphatic rings. The predicted octanol–water partition coefficient (Wildman–Crippen LogP) is 2.46. The van der Waals surface area contributed by atoms with E-state index in [9.17, 15) is 0 Å². The molecule has 1 saturated carbocycles. The topological polar surface area (TPSA) is 35.2 Å². The Morgan fingerprint density at radius 3 is 2.15 bits per heavy atom. The first-order chi connectivity index (χ1) is 6.27. The third-order valence-electron chi connectivity index (χ3n) is 3.15. The molecule has 0 aromatic rings. The van der Waals surface area contributed by atoms with Crippen LogP contribution in [0.4, 0.5) is 0 Å². The fourth-order valence-electron chi connectivity index (χ4n) is 2.16. The Balaban J connectivity index is 2.32. The van der Waals surface area contributed by atoms with E-state index in [1.54, 1.807) is 7.11 Å². The van der Waals surface area contributed by atoms with Crippen LogP contribution in [0.25, 0.3) is 0 Å². The van der Waals surface area contributed by atoms with Gasteiger partial charge < -0.3 is 10.5 Å².